The first-order chi connectivity index (χ1) is 9.49. The van der Waals surface area contributed by atoms with E-state index in [2.05, 4.69) is 10.5 Å². The highest BCUT2D eigenvalue weighted by Crippen LogP contribution is 2.28. The van der Waals surface area contributed by atoms with Crippen LogP contribution in [0.15, 0.2) is 0 Å². The Hall–Kier alpha value is -1.25. The molecule has 2 rings (SSSR count). The predicted molar refractivity (Wildman–Crippen MR) is 67.5 cm³/mol. The molecule has 1 aromatic heterocycles. The second kappa shape index (κ2) is 6.47. The summed E-state index contributed by atoms with van der Waals surface area (Å²) in [6.45, 7) is 3.66. The van der Waals surface area contributed by atoms with Gasteiger partial charge < -0.3 is 4.74 Å². The SMILES string of the molecule is Cc1c(Cl)c(C(F)F)nn1CC(=O)NN1CCOCC1. The van der Waals surface area contributed by atoms with E-state index in [0.717, 1.165) is 0 Å². The summed E-state index contributed by atoms with van der Waals surface area (Å²) in [5, 5.41) is 5.30. The molecule has 0 aliphatic carbocycles. The lowest BCUT2D eigenvalue weighted by atomic mass is 10.4. The van der Waals surface area contributed by atoms with Gasteiger partial charge in [0.25, 0.3) is 12.3 Å². The molecule has 0 atom stereocenters. The number of carbonyl (C=O) groups excluding carboxylic acids is 1. The largest absolute Gasteiger partial charge is 0.379 e. The number of alkyl halides is 2. The molecule has 6 nitrogen and oxygen atoms in total. The minimum Gasteiger partial charge on any atom is -0.379 e. The maximum absolute atomic E-state index is 12.6. The van der Waals surface area contributed by atoms with E-state index in [1.54, 1.807) is 11.9 Å². The highest BCUT2D eigenvalue weighted by molar-refractivity contribution is 6.31. The summed E-state index contributed by atoms with van der Waals surface area (Å²) >= 11 is 5.76. The maximum atomic E-state index is 12.6. The Morgan fingerprint density at radius 1 is 1.50 bits per heavy atom. The van der Waals surface area contributed by atoms with Gasteiger partial charge in [0.05, 0.1) is 23.9 Å². The van der Waals surface area contributed by atoms with Crippen molar-refractivity contribution in [3.63, 3.8) is 0 Å². The van der Waals surface area contributed by atoms with E-state index in [1.807, 2.05) is 0 Å². The van der Waals surface area contributed by atoms with Crippen LogP contribution in [0.2, 0.25) is 5.02 Å². The molecule has 1 aliphatic heterocycles. The van der Waals surface area contributed by atoms with Crippen molar-refractivity contribution in [3.8, 4) is 0 Å². The lowest BCUT2D eigenvalue weighted by Gasteiger charge is -2.26. The van der Waals surface area contributed by atoms with Crippen LogP contribution in [-0.4, -0.2) is 47.0 Å². The molecule has 112 valence electrons. The number of hydrogen-bond acceptors (Lipinski definition) is 4. The summed E-state index contributed by atoms with van der Waals surface area (Å²) in [6.07, 6.45) is -2.76. The van der Waals surface area contributed by atoms with E-state index in [4.69, 9.17) is 16.3 Å². The van der Waals surface area contributed by atoms with Gasteiger partial charge in [0.15, 0.2) is 0 Å². The zero-order valence-corrected chi connectivity index (χ0v) is 11.7. The second-order valence-corrected chi connectivity index (χ2v) is 4.76. The number of nitrogens with one attached hydrogen (secondary N) is 1. The van der Waals surface area contributed by atoms with E-state index in [9.17, 15) is 13.6 Å². The van der Waals surface area contributed by atoms with Crippen LogP contribution >= 0.6 is 11.6 Å². The Morgan fingerprint density at radius 3 is 2.70 bits per heavy atom. The molecule has 0 unspecified atom stereocenters. The van der Waals surface area contributed by atoms with Crippen molar-refractivity contribution in [1.29, 1.82) is 0 Å². The van der Waals surface area contributed by atoms with Crippen molar-refractivity contribution in [1.82, 2.24) is 20.2 Å². The fraction of sp³-hybridized carbons (Fsp3) is 0.636. The van der Waals surface area contributed by atoms with Gasteiger partial charge in [0, 0.05) is 13.1 Å². The molecule has 1 N–H and O–H groups in total. The van der Waals surface area contributed by atoms with Crippen LogP contribution in [0.25, 0.3) is 0 Å². The zero-order chi connectivity index (χ0) is 14.7. The monoisotopic (exact) mass is 308 g/mol. The number of nitrogens with zero attached hydrogens (tertiary/aromatic N) is 3. The smallest absolute Gasteiger partial charge is 0.283 e. The number of aromatic nitrogens is 2. The quantitative estimate of drug-likeness (QED) is 0.906. The number of carbonyl (C=O) groups is 1. The van der Waals surface area contributed by atoms with E-state index < -0.39 is 12.1 Å². The topological polar surface area (TPSA) is 59.4 Å². The third-order valence-corrected chi connectivity index (χ3v) is 3.42. The average Bonchev–Trinajstić information content (AvgIpc) is 2.68. The van der Waals surface area contributed by atoms with Gasteiger partial charge >= 0.3 is 0 Å². The molecule has 0 bridgehead atoms. The van der Waals surface area contributed by atoms with Crippen molar-refractivity contribution in [2.75, 3.05) is 26.3 Å². The molecule has 0 radical (unpaired) electrons. The third-order valence-electron chi connectivity index (χ3n) is 2.95. The van der Waals surface area contributed by atoms with Crippen LogP contribution in [0.1, 0.15) is 17.8 Å². The Balaban J connectivity index is 1.98. The predicted octanol–water partition coefficient (Wildman–Crippen LogP) is 1.15. The van der Waals surface area contributed by atoms with E-state index in [-0.39, 0.29) is 17.5 Å². The summed E-state index contributed by atoms with van der Waals surface area (Å²) in [4.78, 5) is 11.8. The standard InChI is InChI=1S/C11H15ClF2N4O2/c1-7-9(12)10(11(13)14)16-18(7)6-8(19)15-17-2-4-20-5-3-17/h11H,2-6H2,1H3,(H,15,19). The van der Waals surface area contributed by atoms with Crippen molar-refractivity contribution >= 4 is 17.5 Å². The van der Waals surface area contributed by atoms with E-state index in [1.165, 1.54) is 4.68 Å². The lowest BCUT2D eigenvalue weighted by molar-refractivity contribution is -0.128. The Kier molecular flexibility index (Phi) is 4.90. The first-order valence-corrected chi connectivity index (χ1v) is 6.50. The molecule has 1 fully saturated rings. The summed E-state index contributed by atoms with van der Waals surface area (Å²) in [5.74, 6) is -0.338. The first kappa shape index (κ1) is 15.1. The van der Waals surface area contributed by atoms with Crippen LogP contribution in [0, 0.1) is 6.92 Å². The summed E-state index contributed by atoms with van der Waals surface area (Å²) < 4.78 is 31.6. The highest BCUT2D eigenvalue weighted by atomic mass is 35.5. The molecule has 1 aromatic rings. The number of rotatable bonds is 4. The fourth-order valence-electron chi connectivity index (χ4n) is 1.86. The van der Waals surface area contributed by atoms with Gasteiger partial charge in [-0.05, 0) is 6.92 Å². The molecule has 0 aromatic carbocycles. The molecule has 1 saturated heterocycles. The molecular weight excluding hydrogens is 294 g/mol. The summed E-state index contributed by atoms with van der Waals surface area (Å²) in [7, 11) is 0. The molecule has 1 amide bonds. The summed E-state index contributed by atoms with van der Waals surface area (Å²) in [5.41, 5.74) is 2.52. The molecule has 0 spiro atoms. The van der Waals surface area contributed by atoms with E-state index in [0.29, 0.717) is 32.0 Å². The maximum Gasteiger partial charge on any atom is 0.283 e. The minimum atomic E-state index is -2.76. The number of ether oxygens (including phenoxy) is 1. The van der Waals surface area contributed by atoms with Gasteiger partial charge in [0.2, 0.25) is 0 Å². The van der Waals surface area contributed by atoms with Gasteiger partial charge in [-0.2, -0.15) is 5.10 Å². The van der Waals surface area contributed by atoms with Gasteiger partial charge in [-0.1, -0.05) is 11.6 Å². The number of hydrazine groups is 1. The highest BCUT2D eigenvalue weighted by Gasteiger charge is 2.22. The molecule has 1 aliphatic rings. The normalized spacial score (nSPS) is 16.6. The average molecular weight is 309 g/mol. The second-order valence-electron chi connectivity index (χ2n) is 4.38. The fourth-order valence-corrected chi connectivity index (χ4v) is 2.08. The lowest BCUT2D eigenvalue weighted by Crippen LogP contribution is -2.49. The molecule has 20 heavy (non-hydrogen) atoms. The van der Waals surface area contributed by atoms with E-state index >= 15 is 0 Å². The number of morpholine rings is 1. The Bertz CT molecular complexity index is 489. The third kappa shape index (κ3) is 3.44. The molecule has 2 heterocycles. The molecule has 9 heteroatoms. The van der Waals surface area contributed by atoms with Crippen LogP contribution in [-0.2, 0) is 16.1 Å². The van der Waals surface area contributed by atoms with Gasteiger partial charge in [-0.3, -0.25) is 14.9 Å². The Morgan fingerprint density at radius 2 is 2.15 bits per heavy atom. The van der Waals surface area contributed by atoms with Gasteiger partial charge in [0.1, 0.15) is 12.2 Å². The first-order valence-electron chi connectivity index (χ1n) is 6.12. The number of hydrogen-bond donors (Lipinski definition) is 1. The van der Waals surface area contributed by atoms with Crippen molar-refractivity contribution in [2.24, 2.45) is 0 Å². The zero-order valence-electron chi connectivity index (χ0n) is 10.9. The Labute approximate surface area is 119 Å². The van der Waals surface area contributed by atoms with Crippen molar-refractivity contribution < 1.29 is 18.3 Å². The minimum absolute atomic E-state index is 0.0980. The van der Waals surface area contributed by atoms with Crippen LogP contribution < -0.4 is 5.43 Å². The number of halogens is 3. The van der Waals surface area contributed by atoms with Crippen molar-refractivity contribution in [2.45, 2.75) is 19.9 Å². The van der Waals surface area contributed by atoms with Gasteiger partial charge in [-0.25, -0.2) is 13.8 Å². The van der Waals surface area contributed by atoms with Crippen LogP contribution in [0.5, 0.6) is 0 Å². The van der Waals surface area contributed by atoms with Crippen molar-refractivity contribution in [3.05, 3.63) is 16.4 Å². The summed E-state index contributed by atoms with van der Waals surface area (Å²) in [6, 6.07) is 0. The molecule has 0 saturated carbocycles. The van der Waals surface area contributed by atoms with Crippen LogP contribution in [0.3, 0.4) is 0 Å². The molecular formula is C11H15ClF2N4O2. The number of amides is 1. The van der Waals surface area contributed by atoms with Gasteiger partial charge in [-0.15, -0.1) is 0 Å². The van der Waals surface area contributed by atoms with Crippen LogP contribution in [0.4, 0.5) is 8.78 Å².